The van der Waals surface area contributed by atoms with Crippen molar-refractivity contribution in [2.45, 2.75) is 64.6 Å². The average molecular weight is 268 g/mol. The predicted molar refractivity (Wildman–Crippen MR) is 74.9 cm³/mol. The van der Waals surface area contributed by atoms with E-state index >= 15 is 0 Å². The maximum atomic E-state index is 11.8. The number of aliphatic hydroxyl groups is 1. The highest BCUT2D eigenvalue weighted by atomic mass is 28.3. The van der Waals surface area contributed by atoms with Crippen LogP contribution in [0.15, 0.2) is 0 Å². The highest BCUT2D eigenvalue weighted by Crippen LogP contribution is 2.25. The van der Waals surface area contributed by atoms with E-state index in [1.165, 1.54) is 0 Å². The van der Waals surface area contributed by atoms with Crippen LogP contribution in [0.5, 0.6) is 0 Å². The molecule has 0 amide bonds. The molecule has 18 heavy (non-hydrogen) atoms. The smallest absolute Gasteiger partial charge is 0.169 e. The maximum absolute atomic E-state index is 11.8. The van der Waals surface area contributed by atoms with Crippen LogP contribution in [0.2, 0.25) is 19.6 Å². The molecule has 0 spiro atoms. The van der Waals surface area contributed by atoms with E-state index < -0.39 is 20.3 Å². The Bertz CT molecular complexity index is 361. The minimum Gasteiger partial charge on any atom is -0.383 e. The van der Waals surface area contributed by atoms with Gasteiger partial charge in [-0.15, -0.1) is 11.5 Å². The van der Waals surface area contributed by atoms with Gasteiger partial charge >= 0.3 is 0 Å². The summed E-state index contributed by atoms with van der Waals surface area (Å²) in [6.45, 7) is 10.2. The largest absolute Gasteiger partial charge is 0.383 e. The van der Waals surface area contributed by atoms with Gasteiger partial charge in [0.2, 0.25) is 0 Å². The SMILES string of the molecule is C[C@H]1O[C@@H](CCC#C[Si](C)(C)C)[C@@H](C)C(=O)[C@@H]1O. The number of ketones is 1. The lowest BCUT2D eigenvalue weighted by molar-refractivity contribution is -0.166. The second kappa shape index (κ2) is 6.01. The van der Waals surface area contributed by atoms with Gasteiger partial charge in [0.25, 0.3) is 0 Å². The molecule has 1 heterocycles. The fourth-order valence-corrected chi connectivity index (χ4v) is 2.67. The number of hydrogen-bond acceptors (Lipinski definition) is 3. The van der Waals surface area contributed by atoms with E-state index in [0.717, 1.165) is 12.8 Å². The highest BCUT2D eigenvalue weighted by molar-refractivity contribution is 6.83. The summed E-state index contributed by atoms with van der Waals surface area (Å²) >= 11 is 0. The molecule has 1 aliphatic rings. The van der Waals surface area contributed by atoms with Crippen molar-refractivity contribution in [2.24, 2.45) is 5.92 Å². The van der Waals surface area contributed by atoms with Crippen molar-refractivity contribution in [3.63, 3.8) is 0 Å². The Morgan fingerprint density at radius 1 is 1.33 bits per heavy atom. The number of Topliss-reactive ketones (excluding diaryl/α,β-unsaturated/α-hetero) is 1. The van der Waals surface area contributed by atoms with Crippen LogP contribution in [0.4, 0.5) is 0 Å². The highest BCUT2D eigenvalue weighted by Gasteiger charge is 2.39. The third-order valence-electron chi connectivity index (χ3n) is 3.15. The van der Waals surface area contributed by atoms with Crippen molar-refractivity contribution < 1.29 is 14.6 Å². The molecule has 4 atom stereocenters. The number of carbonyl (C=O) groups excluding carboxylic acids is 1. The quantitative estimate of drug-likeness (QED) is 0.615. The molecule has 1 aliphatic heterocycles. The molecule has 1 fully saturated rings. The Hall–Kier alpha value is -0.633. The Kier molecular flexibility index (Phi) is 5.15. The second-order valence-electron chi connectivity index (χ2n) is 6.11. The molecular formula is C14H24O3Si. The van der Waals surface area contributed by atoms with Gasteiger partial charge in [-0.3, -0.25) is 4.79 Å². The van der Waals surface area contributed by atoms with E-state index in [-0.39, 0.29) is 17.8 Å². The van der Waals surface area contributed by atoms with Crippen molar-refractivity contribution in [2.75, 3.05) is 0 Å². The molecule has 0 unspecified atom stereocenters. The Morgan fingerprint density at radius 2 is 1.94 bits per heavy atom. The van der Waals surface area contributed by atoms with Gasteiger partial charge in [-0.25, -0.2) is 0 Å². The molecule has 0 aliphatic carbocycles. The van der Waals surface area contributed by atoms with E-state index in [1.807, 2.05) is 6.92 Å². The number of ether oxygens (including phenoxy) is 1. The summed E-state index contributed by atoms with van der Waals surface area (Å²) in [5, 5.41) is 9.62. The third-order valence-corrected chi connectivity index (χ3v) is 4.08. The summed E-state index contributed by atoms with van der Waals surface area (Å²) in [6.07, 6.45) is 0.0522. The summed E-state index contributed by atoms with van der Waals surface area (Å²) in [5.41, 5.74) is 3.31. The van der Waals surface area contributed by atoms with E-state index in [1.54, 1.807) is 6.92 Å². The third kappa shape index (κ3) is 4.24. The minimum absolute atomic E-state index is 0.100. The van der Waals surface area contributed by atoms with Crippen LogP contribution < -0.4 is 0 Å². The number of aliphatic hydroxyl groups excluding tert-OH is 1. The summed E-state index contributed by atoms with van der Waals surface area (Å²) in [7, 11) is -1.31. The first kappa shape index (κ1) is 15.4. The molecule has 0 saturated carbocycles. The lowest BCUT2D eigenvalue weighted by Crippen LogP contribution is -2.49. The second-order valence-corrected chi connectivity index (χ2v) is 10.9. The van der Waals surface area contributed by atoms with E-state index in [0.29, 0.717) is 0 Å². The topological polar surface area (TPSA) is 46.5 Å². The zero-order valence-corrected chi connectivity index (χ0v) is 13.0. The molecule has 1 rings (SSSR count). The first-order chi connectivity index (χ1) is 8.22. The summed E-state index contributed by atoms with van der Waals surface area (Å²) in [4.78, 5) is 11.8. The summed E-state index contributed by atoms with van der Waals surface area (Å²) in [5.74, 6) is 2.86. The fraction of sp³-hybridized carbons (Fsp3) is 0.786. The van der Waals surface area contributed by atoms with Crippen LogP contribution in [0, 0.1) is 17.4 Å². The Labute approximate surface area is 111 Å². The van der Waals surface area contributed by atoms with Crippen LogP contribution in [0.3, 0.4) is 0 Å². The normalized spacial score (nSPS) is 32.9. The first-order valence-electron chi connectivity index (χ1n) is 6.59. The average Bonchev–Trinajstić information content (AvgIpc) is 2.26. The van der Waals surface area contributed by atoms with Gasteiger partial charge in [0.1, 0.15) is 14.2 Å². The van der Waals surface area contributed by atoms with Crippen molar-refractivity contribution in [1.82, 2.24) is 0 Å². The van der Waals surface area contributed by atoms with Crippen LogP contribution >= 0.6 is 0 Å². The summed E-state index contributed by atoms with van der Waals surface area (Å²) in [6, 6.07) is 0. The zero-order valence-electron chi connectivity index (χ0n) is 12.0. The van der Waals surface area contributed by atoms with E-state index in [9.17, 15) is 9.90 Å². The van der Waals surface area contributed by atoms with Crippen LogP contribution in [0.1, 0.15) is 26.7 Å². The maximum Gasteiger partial charge on any atom is 0.169 e. The van der Waals surface area contributed by atoms with Gasteiger partial charge < -0.3 is 9.84 Å². The zero-order chi connectivity index (χ0) is 13.9. The molecule has 0 bridgehead atoms. The summed E-state index contributed by atoms with van der Waals surface area (Å²) < 4.78 is 5.69. The Balaban J connectivity index is 2.52. The fourth-order valence-electron chi connectivity index (χ4n) is 2.01. The van der Waals surface area contributed by atoms with Crippen molar-refractivity contribution >= 4 is 13.9 Å². The van der Waals surface area contributed by atoms with Crippen molar-refractivity contribution in [1.29, 1.82) is 0 Å². The van der Waals surface area contributed by atoms with Crippen LogP contribution in [-0.4, -0.2) is 37.3 Å². The number of hydrogen-bond donors (Lipinski definition) is 1. The van der Waals surface area contributed by atoms with Gasteiger partial charge in [0.05, 0.1) is 12.2 Å². The van der Waals surface area contributed by atoms with E-state index in [4.69, 9.17) is 4.74 Å². The molecule has 4 heteroatoms. The van der Waals surface area contributed by atoms with Crippen molar-refractivity contribution in [3.05, 3.63) is 0 Å². The lowest BCUT2D eigenvalue weighted by atomic mass is 9.88. The van der Waals surface area contributed by atoms with Crippen LogP contribution in [0.25, 0.3) is 0 Å². The monoisotopic (exact) mass is 268 g/mol. The molecule has 0 aromatic carbocycles. The van der Waals surface area contributed by atoms with Gasteiger partial charge in [-0.1, -0.05) is 26.6 Å². The van der Waals surface area contributed by atoms with Gasteiger partial charge in [-0.2, -0.15) is 0 Å². The van der Waals surface area contributed by atoms with Gasteiger partial charge in [0.15, 0.2) is 5.78 Å². The molecule has 1 saturated heterocycles. The molecule has 0 aromatic rings. The molecule has 0 aromatic heterocycles. The molecular weight excluding hydrogens is 244 g/mol. The number of rotatable bonds is 2. The van der Waals surface area contributed by atoms with E-state index in [2.05, 4.69) is 31.1 Å². The Morgan fingerprint density at radius 3 is 2.50 bits per heavy atom. The lowest BCUT2D eigenvalue weighted by Gasteiger charge is -2.35. The van der Waals surface area contributed by atoms with Gasteiger partial charge in [-0.05, 0) is 13.3 Å². The van der Waals surface area contributed by atoms with Crippen molar-refractivity contribution in [3.8, 4) is 11.5 Å². The minimum atomic E-state index is -1.31. The number of carbonyl (C=O) groups is 1. The van der Waals surface area contributed by atoms with Gasteiger partial charge in [0, 0.05) is 12.3 Å². The van der Waals surface area contributed by atoms with Crippen LogP contribution in [-0.2, 0) is 9.53 Å². The molecule has 0 radical (unpaired) electrons. The molecule has 1 N–H and O–H groups in total. The molecule has 102 valence electrons. The first-order valence-corrected chi connectivity index (χ1v) is 10.1. The standard InChI is InChI=1S/C14H24O3Si/c1-10-12(8-6-7-9-18(3,4)5)17-11(2)14(16)13(10)15/h10-12,14,16H,6,8H2,1-5H3/t10-,11-,12+,14-/m1/s1. The predicted octanol–water partition coefficient (Wildman–Crippen LogP) is 2.00. The molecule has 3 nitrogen and oxygen atoms in total.